The fraction of sp³-hybridized carbons (Fsp3) is 0.667. The predicted molar refractivity (Wildman–Crippen MR) is 62.7 cm³/mol. The minimum absolute atomic E-state index is 0.0166. The normalized spacial score (nSPS) is 14.0. The summed E-state index contributed by atoms with van der Waals surface area (Å²) in [6, 6.07) is -0.0166. The molecule has 1 atom stereocenters. The molecule has 0 saturated carbocycles. The lowest BCUT2D eigenvalue weighted by Crippen LogP contribution is -2.32. The lowest BCUT2D eigenvalue weighted by Gasteiger charge is -2.12. The van der Waals surface area contributed by atoms with Gasteiger partial charge in [-0.1, -0.05) is 6.92 Å². The molecule has 1 rings (SSSR count). The third kappa shape index (κ3) is 4.72. The Hall–Kier alpha value is -0.460. The third-order valence-corrected chi connectivity index (χ3v) is 4.72. The van der Waals surface area contributed by atoms with Crippen LogP contribution in [0.15, 0.2) is 11.7 Å². The van der Waals surface area contributed by atoms with Crippen LogP contribution in [0.1, 0.15) is 18.7 Å². The number of nitrogens with zero attached hydrogens (tertiary/aromatic N) is 1. The van der Waals surface area contributed by atoms with Gasteiger partial charge in [0.15, 0.2) is 9.84 Å². The number of hydrogen-bond acceptors (Lipinski definition) is 5. The Kier molecular flexibility index (Phi) is 4.69. The summed E-state index contributed by atoms with van der Waals surface area (Å²) >= 11 is 1.57. The Balaban J connectivity index is 2.34. The largest absolute Gasteiger partial charge is 0.308 e. The van der Waals surface area contributed by atoms with Crippen LogP contribution in [-0.2, 0) is 16.4 Å². The molecule has 15 heavy (non-hydrogen) atoms. The zero-order chi connectivity index (χ0) is 11.3. The first-order valence-corrected chi connectivity index (χ1v) is 7.55. The molecule has 0 bridgehead atoms. The minimum atomic E-state index is -2.88. The van der Waals surface area contributed by atoms with Gasteiger partial charge >= 0.3 is 0 Å². The van der Waals surface area contributed by atoms with Crippen molar-refractivity contribution >= 4 is 21.2 Å². The van der Waals surface area contributed by atoms with E-state index < -0.39 is 9.84 Å². The minimum Gasteiger partial charge on any atom is -0.308 e. The average molecular weight is 248 g/mol. The van der Waals surface area contributed by atoms with Crippen molar-refractivity contribution in [3.63, 3.8) is 0 Å². The van der Waals surface area contributed by atoms with E-state index in [9.17, 15) is 8.42 Å². The molecule has 6 heteroatoms. The second kappa shape index (κ2) is 5.58. The molecule has 0 aliphatic rings. The van der Waals surface area contributed by atoms with Crippen molar-refractivity contribution in [1.29, 1.82) is 0 Å². The van der Waals surface area contributed by atoms with Crippen LogP contribution in [0.4, 0.5) is 0 Å². The van der Waals surface area contributed by atoms with Crippen molar-refractivity contribution < 1.29 is 8.42 Å². The zero-order valence-electron chi connectivity index (χ0n) is 8.93. The van der Waals surface area contributed by atoms with E-state index in [1.807, 2.05) is 6.92 Å². The summed E-state index contributed by atoms with van der Waals surface area (Å²) in [5.74, 6) is 0.405. The number of thiazole rings is 1. The van der Waals surface area contributed by atoms with Gasteiger partial charge in [-0.25, -0.2) is 8.42 Å². The van der Waals surface area contributed by atoms with Gasteiger partial charge in [0, 0.05) is 29.4 Å². The van der Waals surface area contributed by atoms with Gasteiger partial charge in [-0.05, 0) is 6.92 Å². The first-order valence-electron chi connectivity index (χ1n) is 4.84. The second-order valence-electron chi connectivity index (χ2n) is 3.45. The van der Waals surface area contributed by atoms with Crippen LogP contribution in [-0.4, -0.2) is 30.9 Å². The molecule has 0 aromatic carbocycles. The zero-order valence-corrected chi connectivity index (χ0v) is 10.6. The molecule has 0 saturated heterocycles. The van der Waals surface area contributed by atoms with Gasteiger partial charge in [0.2, 0.25) is 0 Å². The quantitative estimate of drug-likeness (QED) is 0.817. The molecular formula is C9H16N2O2S2. The summed E-state index contributed by atoms with van der Waals surface area (Å²) in [6.45, 7) is 4.24. The smallest absolute Gasteiger partial charge is 0.151 e. The van der Waals surface area contributed by atoms with E-state index in [0.717, 1.165) is 4.88 Å². The van der Waals surface area contributed by atoms with Crippen molar-refractivity contribution in [1.82, 2.24) is 10.3 Å². The molecule has 4 nitrogen and oxygen atoms in total. The molecule has 0 aliphatic carbocycles. The van der Waals surface area contributed by atoms with E-state index in [1.54, 1.807) is 30.0 Å². The Labute approximate surface area is 94.7 Å². The van der Waals surface area contributed by atoms with Crippen LogP contribution < -0.4 is 5.32 Å². The molecule has 1 N–H and O–H groups in total. The van der Waals surface area contributed by atoms with E-state index in [1.165, 1.54) is 0 Å². The number of aromatic nitrogens is 1. The number of hydrogen-bond donors (Lipinski definition) is 1. The van der Waals surface area contributed by atoms with Crippen LogP contribution >= 0.6 is 11.3 Å². The molecular weight excluding hydrogens is 232 g/mol. The van der Waals surface area contributed by atoms with Gasteiger partial charge in [0.1, 0.15) is 0 Å². The highest BCUT2D eigenvalue weighted by Crippen LogP contribution is 2.05. The molecule has 0 radical (unpaired) electrons. The van der Waals surface area contributed by atoms with Crippen molar-refractivity contribution in [2.24, 2.45) is 0 Å². The SMILES string of the molecule is CCS(=O)(=O)CC(C)NCc1cncs1. The van der Waals surface area contributed by atoms with Gasteiger partial charge in [-0.15, -0.1) is 11.3 Å². The predicted octanol–water partition coefficient (Wildman–Crippen LogP) is 1.06. The van der Waals surface area contributed by atoms with Gasteiger partial charge in [0.25, 0.3) is 0 Å². The fourth-order valence-corrected chi connectivity index (χ4v) is 2.82. The van der Waals surface area contributed by atoms with Crippen molar-refractivity contribution in [2.75, 3.05) is 11.5 Å². The maximum atomic E-state index is 11.3. The van der Waals surface area contributed by atoms with Crippen molar-refractivity contribution in [2.45, 2.75) is 26.4 Å². The van der Waals surface area contributed by atoms with Crippen LogP contribution in [0.3, 0.4) is 0 Å². The van der Waals surface area contributed by atoms with E-state index in [2.05, 4.69) is 10.3 Å². The van der Waals surface area contributed by atoms with Gasteiger partial charge < -0.3 is 5.32 Å². The number of nitrogens with one attached hydrogen (secondary N) is 1. The highest BCUT2D eigenvalue weighted by Gasteiger charge is 2.13. The first-order chi connectivity index (χ1) is 7.03. The monoisotopic (exact) mass is 248 g/mol. The summed E-state index contributed by atoms with van der Waals surface area (Å²) in [6.07, 6.45) is 1.79. The summed E-state index contributed by atoms with van der Waals surface area (Å²) < 4.78 is 22.6. The molecule has 1 aromatic heterocycles. The topological polar surface area (TPSA) is 59.1 Å². The molecule has 1 heterocycles. The molecule has 0 fully saturated rings. The molecule has 1 unspecified atom stereocenters. The molecule has 0 aliphatic heterocycles. The van der Waals surface area contributed by atoms with E-state index >= 15 is 0 Å². The summed E-state index contributed by atoms with van der Waals surface area (Å²) in [7, 11) is -2.88. The number of sulfone groups is 1. The Morgan fingerprint density at radius 3 is 2.87 bits per heavy atom. The van der Waals surface area contributed by atoms with Crippen molar-refractivity contribution in [3.8, 4) is 0 Å². The van der Waals surface area contributed by atoms with Gasteiger partial charge in [-0.2, -0.15) is 0 Å². The highest BCUT2D eigenvalue weighted by atomic mass is 32.2. The summed E-state index contributed by atoms with van der Waals surface area (Å²) in [5, 5.41) is 3.17. The fourth-order valence-electron chi connectivity index (χ4n) is 1.16. The van der Waals surface area contributed by atoms with E-state index in [-0.39, 0.29) is 17.5 Å². The third-order valence-electron chi connectivity index (χ3n) is 2.05. The Morgan fingerprint density at radius 2 is 2.33 bits per heavy atom. The van der Waals surface area contributed by atoms with Crippen molar-refractivity contribution in [3.05, 3.63) is 16.6 Å². The maximum absolute atomic E-state index is 11.3. The lowest BCUT2D eigenvalue weighted by molar-refractivity contribution is 0.559. The second-order valence-corrected chi connectivity index (χ2v) is 6.82. The van der Waals surface area contributed by atoms with E-state index in [4.69, 9.17) is 0 Å². The van der Waals surface area contributed by atoms with Crippen LogP contribution in [0.25, 0.3) is 0 Å². The van der Waals surface area contributed by atoms with Crippen LogP contribution in [0.2, 0.25) is 0 Å². The van der Waals surface area contributed by atoms with Gasteiger partial charge in [0.05, 0.1) is 11.3 Å². The standard InChI is InChI=1S/C9H16N2O2S2/c1-3-15(12,13)6-8(2)11-5-9-4-10-7-14-9/h4,7-8,11H,3,5-6H2,1-2H3. The number of rotatable bonds is 6. The maximum Gasteiger partial charge on any atom is 0.151 e. The molecule has 0 spiro atoms. The van der Waals surface area contributed by atoms with E-state index in [0.29, 0.717) is 6.54 Å². The van der Waals surface area contributed by atoms with Crippen LogP contribution in [0.5, 0.6) is 0 Å². The average Bonchev–Trinajstić information content (AvgIpc) is 2.66. The first kappa shape index (κ1) is 12.6. The Morgan fingerprint density at radius 1 is 1.60 bits per heavy atom. The lowest BCUT2D eigenvalue weighted by atomic mass is 10.4. The summed E-state index contributed by atoms with van der Waals surface area (Å²) in [5.41, 5.74) is 1.77. The van der Waals surface area contributed by atoms with Crippen LogP contribution in [0, 0.1) is 0 Å². The molecule has 1 aromatic rings. The Bertz CT molecular complexity index is 373. The van der Waals surface area contributed by atoms with Gasteiger partial charge in [-0.3, -0.25) is 4.98 Å². The molecule has 86 valence electrons. The highest BCUT2D eigenvalue weighted by molar-refractivity contribution is 7.91. The molecule has 0 amide bonds. The summed E-state index contributed by atoms with van der Waals surface area (Å²) in [4.78, 5) is 5.07.